The molecule has 0 aromatic heterocycles. The van der Waals surface area contributed by atoms with Crippen molar-refractivity contribution in [3.05, 3.63) is 33.4 Å². The smallest absolute Gasteiger partial charge is 0.308 e. The average molecular weight is 373 g/mol. The van der Waals surface area contributed by atoms with Crippen molar-refractivity contribution >= 4 is 34.5 Å². The van der Waals surface area contributed by atoms with Gasteiger partial charge in [0, 0.05) is 16.7 Å². The summed E-state index contributed by atoms with van der Waals surface area (Å²) in [6.45, 7) is 1.02. The molecule has 0 aliphatic carbocycles. The van der Waals surface area contributed by atoms with E-state index >= 15 is 0 Å². The standard InChI is InChI=1S/C14H16INO3/c15-12-6-2-1-4-10(12)8-13(17)16-7-3-5-11(9-16)14(18)19/h1-2,4,6,11H,3,5,7-9H2,(H,18,19)/t11-/m0/s1. The van der Waals surface area contributed by atoms with E-state index in [0.29, 0.717) is 25.9 Å². The van der Waals surface area contributed by atoms with E-state index in [1.54, 1.807) is 4.90 Å². The maximum Gasteiger partial charge on any atom is 0.308 e. The van der Waals surface area contributed by atoms with Crippen molar-refractivity contribution in [3.63, 3.8) is 0 Å². The number of carboxylic acids is 1. The molecule has 1 saturated heterocycles. The molecule has 1 N–H and O–H groups in total. The van der Waals surface area contributed by atoms with Gasteiger partial charge in [0.1, 0.15) is 0 Å². The molecule has 1 aliphatic heterocycles. The van der Waals surface area contributed by atoms with Crippen molar-refractivity contribution in [3.8, 4) is 0 Å². The Labute approximate surface area is 125 Å². The summed E-state index contributed by atoms with van der Waals surface area (Å²) in [5, 5.41) is 9.03. The summed E-state index contributed by atoms with van der Waals surface area (Å²) in [4.78, 5) is 24.9. The van der Waals surface area contributed by atoms with Crippen molar-refractivity contribution in [2.45, 2.75) is 19.3 Å². The molecule has 0 saturated carbocycles. The van der Waals surface area contributed by atoms with E-state index in [-0.39, 0.29) is 5.91 Å². The number of halogens is 1. The van der Waals surface area contributed by atoms with Crippen LogP contribution in [-0.2, 0) is 16.0 Å². The normalized spacial score (nSPS) is 19.2. The maximum absolute atomic E-state index is 12.2. The molecule has 1 atom stereocenters. The highest BCUT2D eigenvalue weighted by molar-refractivity contribution is 14.1. The number of piperidine rings is 1. The summed E-state index contributed by atoms with van der Waals surface area (Å²) in [7, 11) is 0. The lowest BCUT2D eigenvalue weighted by atomic mass is 9.97. The van der Waals surface area contributed by atoms with Crippen molar-refractivity contribution in [1.29, 1.82) is 0 Å². The number of nitrogens with zero attached hydrogens (tertiary/aromatic N) is 1. The van der Waals surface area contributed by atoms with Crippen molar-refractivity contribution in [2.24, 2.45) is 5.92 Å². The van der Waals surface area contributed by atoms with Crippen molar-refractivity contribution < 1.29 is 14.7 Å². The number of hydrogen-bond acceptors (Lipinski definition) is 2. The average Bonchev–Trinajstić information content (AvgIpc) is 2.41. The fourth-order valence-corrected chi connectivity index (χ4v) is 2.90. The van der Waals surface area contributed by atoms with Crippen LogP contribution in [0, 0.1) is 9.49 Å². The van der Waals surface area contributed by atoms with E-state index < -0.39 is 11.9 Å². The monoisotopic (exact) mass is 373 g/mol. The van der Waals surface area contributed by atoms with Gasteiger partial charge in [0.2, 0.25) is 5.91 Å². The molecule has 0 unspecified atom stereocenters. The van der Waals surface area contributed by atoms with Crippen LogP contribution in [0.3, 0.4) is 0 Å². The predicted octanol–water partition coefficient (Wildman–Crippen LogP) is 2.16. The van der Waals surface area contributed by atoms with Gasteiger partial charge < -0.3 is 10.0 Å². The van der Waals surface area contributed by atoms with Gasteiger partial charge in [-0.05, 0) is 47.1 Å². The first kappa shape index (κ1) is 14.3. The molecule has 2 rings (SSSR count). The van der Waals surface area contributed by atoms with E-state index in [4.69, 9.17) is 5.11 Å². The van der Waals surface area contributed by atoms with Gasteiger partial charge in [0.05, 0.1) is 12.3 Å². The minimum atomic E-state index is -0.799. The lowest BCUT2D eigenvalue weighted by Crippen LogP contribution is -2.43. The summed E-state index contributed by atoms with van der Waals surface area (Å²) in [6, 6.07) is 7.77. The summed E-state index contributed by atoms with van der Waals surface area (Å²) >= 11 is 2.21. The van der Waals surface area contributed by atoms with Gasteiger partial charge in [-0.1, -0.05) is 18.2 Å². The summed E-state index contributed by atoms with van der Waals surface area (Å²) in [5.41, 5.74) is 1.01. The molecule has 102 valence electrons. The molecule has 19 heavy (non-hydrogen) atoms. The second-order valence-corrected chi connectivity index (χ2v) is 5.95. The Morgan fingerprint density at radius 3 is 2.79 bits per heavy atom. The van der Waals surface area contributed by atoms with Crippen LogP contribution in [0.1, 0.15) is 18.4 Å². The molecule has 0 radical (unpaired) electrons. The Balaban J connectivity index is 2.00. The summed E-state index contributed by atoms with van der Waals surface area (Å²) in [6.07, 6.45) is 1.79. The van der Waals surface area contributed by atoms with Gasteiger partial charge in [0.25, 0.3) is 0 Å². The molecule has 0 spiro atoms. The van der Waals surface area contributed by atoms with E-state index in [9.17, 15) is 9.59 Å². The number of carbonyl (C=O) groups is 2. The lowest BCUT2D eigenvalue weighted by Gasteiger charge is -2.30. The van der Waals surface area contributed by atoms with Crippen molar-refractivity contribution in [2.75, 3.05) is 13.1 Å². The minimum absolute atomic E-state index is 0.0232. The van der Waals surface area contributed by atoms with Crippen LogP contribution < -0.4 is 0 Å². The van der Waals surface area contributed by atoms with E-state index in [0.717, 1.165) is 15.6 Å². The molecular weight excluding hydrogens is 357 g/mol. The second kappa shape index (κ2) is 6.36. The molecule has 1 aromatic carbocycles. The van der Waals surface area contributed by atoms with Crippen LogP contribution in [0.5, 0.6) is 0 Å². The van der Waals surface area contributed by atoms with Gasteiger partial charge in [0.15, 0.2) is 0 Å². The number of benzene rings is 1. The molecule has 4 nitrogen and oxygen atoms in total. The Hall–Kier alpha value is -1.11. The van der Waals surface area contributed by atoms with Crippen LogP contribution in [-0.4, -0.2) is 35.0 Å². The number of likely N-dealkylation sites (tertiary alicyclic amines) is 1. The fraction of sp³-hybridized carbons (Fsp3) is 0.429. The van der Waals surface area contributed by atoms with Crippen LogP contribution in [0.2, 0.25) is 0 Å². The molecule has 1 fully saturated rings. The zero-order valence-corrected chi connectivity index (χ0v) is 12.7. The Morgan fingerprint density at radius 2 is 2.11 bits per heavy atom. The largest absolute Gasteiger partial charge is 0.481 e. The summed E-state index contributed by atoms with van der Waals surface area (Å²) in [5.74, 6) is -1.19. The van der Waals surface area contributed by atoms with Crippen molar-refractivity contribution in [1.82, 2.24) is 4.90 Å². The van der Waals surface area contributed by atoms with Crippen LogP contribution in [0.15, 0.2) is 24.3 Å². The second-order valence-electron chi connectivity index (χ2n) is 4.79. The van der Waals surface area contributed by atoms with Gasteiger partial charge in [-0.2, -0.15) is 0 Å². The quantitative estimate of drug-likeness (QED) is 0.827. The molecule has 0 bridgehead atoms. The molecule has 1 aliphatic rings. The SMILES string of the molecule is O=C(O)[C@H]1CCCN(C(=O)Cc2ccccc2I)C1. The van der Waals surface area contributed by atoms with Gasteiger partial charge in [-0.15, -0.1) is 0 Å². The number of hydrogen-bond donors (Lipinski definition) is 1. The fourth-order valence-electron chi connectivity index (χ4n) is 2.32. The Bertz CT molecular complexity index is 489. The molecule has 1 aromatic rings. The number of carbonyl (C=O) groups excluding carboxylic acids is 1. The first-order chi connectivity index (χ1) is 9.08. The van der Waals surface area contributed by atoms with Crippen LogP contribution >= 0.6 is 22.6 Å². The lowest BCUT2D eigenvalue weighted by molar-refractivity contribution is -0.145. The van der Waals surface area contributed by atoms with Crippen LogP contribution in [0.25, 0.3) is 0 Å². The molecule has 1 heterocycles. The molecule has 1 amide bonds. The third kappa shape index (κ3) is 3.68. The van der Waals surface area contributed by atoms with Gasteiger partial charge >= 0.3 is 5.97 Å². The number of aliphatic carboxylic acids is 1. The molecular formula is C14H16INO3. The minimum Gasteiger partial charge on any atom is -0.481 e. The van der Waals surface area contributed by atoms with E-state index in [1.165, 1.54) is 0 Å². The number of rotatable bonds is 3. The highest BCUT2D eigenvalue weighted by atomic mass is 127. The third-order valence-electron chi connectivity index (χ3n) is 3.42. The zero-order valence-electron chi connectivity index (χ0n) is 10.5. The number of carboxylic acid groups (broad SMARTS) is 1. The highest BCUT2D eigenvalue weighted by Crippen LogP contribution is 2.19. The first-order valence-electron chi connectivity index (χ1n) is 6.32. The Kier molecular flexibility index (Phi) is 4.79. The first-order valence-corrected chi connectivity index (χ1v) is 7.40. The predicted molar refractivity (Wildman–Crippen MR) is 79.8 cm³/mol. The topological polar surface area (TPSA) is 57.6 Å². The maximum atomic E-state index is 12.2. The Morgan fingerprint density at radius 1 is 1.37 bits per heavy atom. The van der Waals surface area contributed by atoms with E-state index in [2.05, 4.69) is 22.6 Å². The number of amides is 1. The zero-order chi connectivity index (χ0) is 13.8. The highest BCUT2D eigenvalue weighted by Gasteiger charge is 2.28. The molecule has 5 heteroatoms. The van der Waals surface area contributed by atoms with Gasteiger partial charge in [-0.3, -0.25) is 9.59 Å². The van der Waals surface area contributed by atoms with Gasteiger partial charge in [-0.25, -0.2) is 0 Å². The van der Waals surface area contributed by atoms with Crippen LogP contribution in [0.4, 0.5) is 0 Å². The third-order valence-corrected chi connectivity index (χ3v) is 4.48. The summed E-state index contributed by atoms with van der Waals surface area (Å²) < 4.78 is 1.07. The van der Waals surface area contributed by atoms with E-state index in [1.807, 2.05) is 24.3 Å².